The molecule has 1 aliphatic heterocycles. The van der Waals surface area contributed by atoms with Gasteiger partial charge in [0.15, 0.2) is 5.16 Å². The monoisotopic (exact) mass is 405 g/mol. The minimum atomic E-state index is 0.0481. The highest BCUT2D eigenvalue weighted by molar-refractivity contribution is 8.00. The van der Waals surface area contributed by atoms with Crippen molar-refractivity contribution in [3.05, 3.63) is 65.5 Å². The van der Waals surface area contributed by atoms with E-state index in [4.69, 9.17) is 4.98 Å². The van der Waals surface area contributed by atoms with E-state index in [1.54, 1.807) is 11.8 Å². The van der Waals surface area contributed by atoms with E-state index in [2.05, 4.69) is 17.1 Å². The molecule has 140 valence electrons. The number of fused-ring (bicyclic) bond motifs is 3. The van der Waals surface area contributed by atoms with Gasteiger partial charge in [-0.3, -0.25) is 9.69 Å². The fourth-order valence-corrected chi connectivity index (χ4v) is 5.64. The Kier molecular flexibility index (Phi) is 4.61. The molecule has 6 heteroatoms. The smallest absolute Gasteiger partial charge is 0.242 e. The lowest BCUT2D eigenvalue weighted by Gasteiger charge is -2.30. The number of hydrogen-bond acceptors (Lipinski definition) is 5. The van der Waals surface area contributed by atoms with Gasteiger partial charge in [-0.2, -0.15) is 0 Å². The molecule has 28 heavy (non-hydrogen) atoms. The number of rotatable bonds is 3. The Hall–Kier alpha value is -2.31. The van der Waals surface area contributed by atoms with E-state index in [1.165, 1.54) is 17.3 Å². The number of nitrogens with zero attached hydrogens (tertiary/aromatic N) is 3. The molecule has 0 unspecified atom stereocenters. The third-order valence-corrected chi connectivity index (χ3v) is 7.09. The number of carbonyl (C=O) groups is 1. The molecule has 1 aliphatic carbocycles. The van der Waals surface area contributed by atoms with Crippen molar-refractivity contribution in [1.82, 2.24) is 9.97 Å². The van der Waals surface area contributed by atoms with Crippen LogP contribution in [-0.2, 0) is 17.6 Å². The molecule has 0 saturated carbocycles. The van der Waals surface area contributed by atoms with Crippen LogP contribution in [-0.4, -0.2) is 21.6 Å². The zero-order valence-corrected chi connectivity index (χ0v) is 17.1. The van der Waals surface area contributed by atoms with Gasteiger partial charge in [-0.05, 0) is 56.0 Å². The predicted octanol–water partition coefficient (Wildman–Crippen LogP) is 5.20. The number of hydrogen-bond donors (Lipinski definition) is 0. The van der Waals surface area contributed by atoms with E-state index < -0.39 is 0 Å². The Balaban J connectivity index is 1.42. The molecule has 0 atom stereocenters. The second kappa shape index (κ2) is 7.26. The van der Waals surface area contributed by atoms with Gasteiger partial charge in [-0.25, -0.2) is 9.97 Å². The van der Waals surface area contributed by atoms with Crippen molar-refractivity contribution < 1.29 is 4.79 Å². The molecule has 2 heterocycles. The van der Waals surface area contributed by atoms with Gasteiger partial charge in [-0.15, -0.1) is 0 Å². The Morgan fingerprint density at radius 1 is 1.04 bits per heavy atom. The van der Waals surface area contributed by atoms with Crippen LogP contribution in [0.5, 0.6) is 0 Å². The van der Waals surface area contributed by atoms with Crippen LogP contribution in [0.15, 0.2) is 63.5 Å². The second-order valence-corrected chi connectivity index (χ2v) is 8.95. The van der Waals surface area contributed by atoms with Crippen molar-refractivity contribution in [2.24, 2.45) is 0 Å². The number of anilines is 2. The molecular weight excluding hydrogens is 386 g/mol. The molecule has 3 aromatic rings. The number of benzene rings is 2. The summed E-state index contributed by atoms with van der Waals surface area (Å²) in [6, 6.07) is 16.1. The van der Waals surface area contributed by atoms with Gasteiger partial charge in [0.25, 0.3) is 0 Å². The lowest BCUT2D eigenvalue weighted by atomic mass is 10.2. The molecule has 1 amide bonds. The highest BCUT2D eigenvalue weighted by Gasteiger charge is 2.28. The first-order chi connectivity index (χ1) is 13.7. The maximum atomic E-state index is 13.3. The number of carbonyl (C=O) groups excluding carboxylic acids is 1. The summed E-state index contributed by atoms with van der Waals surface area (Å²) in [6.07, 6.45) is 3.24. The summed E-state index contributed by atoms with van der Waals surface area (Å²) >= 11 is 3.14. The number of aryl methyl sites for hydroxylation is 2. The number of para-hydroxylation sites is 2. The largest absolute Gasteiger partial charge is 0.278 e. The summed E-state index contributed by atoms with van der Waals surface area (Å²) in [5.41, 5.74) is 5.41. The number of thioether (sulfide) groups is 1. The minimum Gasteiger partial charge on any atom is -0.278 e. The van der Waals surface area contributed by atoms with Gasteiger partial charge in [0.2, 0.25) is 5.91 Å². The first-order valence-electron chi connectivity index (χ1n) is 9.39. The summed E-state index contributed by atoms with van der Waals surface area (Å²) in [5, 5.41) is 0.708. The van der Waals surface area contributed by atoms with Crippen molar-refractivity contribution in [2.45, 2.75) is 41.1 Å². The lowest BCUT2D eigenvalue weighted by Crippen LogP contribution is -2.30. The van der Waals surface area contributed by atoms with Crippen molar-refractivity contribution >= 4 is 40.8 Å². The minimum absolute atomic E-state index is 0.0481. The van der Waals surface area contributed by atoms with Crippen molar-refractivity contribution in [2.75, 3.05) is 10.7 Å². The molecule has 0 bridgehead atoms. The molecule has 1 aromatic heterocycles. The molecule has 2 aromatic carbocycles. The van der Waals surface area contributed by atoms with Gasteiger partial charge < -0.3 is 0 Å². The van der Waals surface area contributed by atoms with E-state index in [9.17, 15) is 4.79 Å². The van der Waals surface area contributed by atoms with Crippen LogP contribution in [0, 0.1) is 6.92 Å². The Morgan fingerprint density at radius 2 is 1.71 bits per heavy atom. The van der Waals surface area contributed by atoms with Crippen LogP contribution in [0.1, 0.15) is 23.4 Å². The number of amides is 1. The fraction of sp³-hybridized carbons (Fsp3) is 0.227. The van der Waals surface area contributed by atoms with E-state index in [1.807, 2.05) is 48.2 Å². The molecule has 0 N–H and O–H groups in total. The SMILES string of the molecule is Cc1nc(SCC(=O)N2c3ccccc3Sc3ccccc32)nc2c1CCC2. The van der Waals surface area contributed by atoms with E-state index >= 15 is 0 Å². The van der Waals surface area contributed by atoms with Crippen molar-refractivity contribution in [1.29, 1.82) is 0 Å². The average molecular weight is 406 g/mol. The molecule has 2 aliphatic rings. The van der Waals surface area contributed by atoms with Crippen molar-refractivity contribution in [3.63, 3.8) is 0 Å². The fourth-order valence-electron chi connectivity index (χ4n) is 3.82. The Bertz CT molecular complexity index is 1040. The standard InChI is InChI=1S/C22H19N3OS2/c1-14-15-7-6-8-16(15)24-22(23-14)27-13-21(26)25-17-9-2-4-11-19(17)28-20-12-5-3-10-18(20)25/h2-5,9-12H,6-8,13H2,1H3. The molecule has 0 fully saturated rings. The quantitative estimate of drug-likeness (QED) is 0.443. The summed E-state index contributed by atoms with van der Waals surface area (Å²) in [5.74, 6) is 0.359. The molecule has 0 spiro atoms. The summed E-state index contributed by atoms with van der Waals surface area (Å²) < 4.78 is 0. The third-order valence-electron chi connectivity index (χ3n) is 5.13. The molecule has 5 rings (SSSR count). The highest BCUT2D eigenvalue weighted by atomic mass is 32.2. The summed E-state index contributed by atoms with van der Waals surface area (Å²) in [4.78, 5) is 26.6. The van der Waals surface area contributed by atoms with Crippen LogP contribution >= 0.6 is 23.5 Å². The van der Waals surface area contributed by atoms with E-state index in [0.29, 0.717) is 10.9 Å². The zero-order valence-electron chi connectivity index (χ0n) is 15.5. The second-order valence-electron chi connectivity index (χ2n) is 6.93. The Labute approximate surface area is 172 Å². The molecular formula is C22H19N3OS2. The lowest BCUT2D eigenvalue weighted by molar-refractivity contribution is -0.115. The molecule has 4 nitrogen and oxygen atoms in total. The van der Waals surface area contributed by atoms with E-state index in [-0.39, 0.29) is 5.91 Å². The normalized spacial score (nSPS) is 14.4. The van der Waals surface area contributed by atoms with Crippen LogP contribution < -0.4 is 4.90 Å². The van der Waals surface area contributed by atoms with Crippen LogP contribution in [0.3, 0.4) is 0 Å². The van der Waals surface area contributed by atoms with Gasteiger partial charge in [0.05, 0.1) is 17.1 Å². The van der Waals surface area contributed by atoms with Crippen molar-refractivity contribution in [3.8, 4) is 0 Å². The zero-order chi connectivity index (χ0) is 19.1. The predicted molar refractivity (Wildman–Crippen MR) is 114 cm³/mol. The van der Waals surface area contributed by atoms with Gasteiger partial charge in [0, 0.05) is 21.2 Å². The van der Waals surface area contributed by atoms with Crippen LogP contribution in [0.2, 0.25) is 0 Å². The summed E-state index contributed by atoms with van der Waals surface area (Å²) in [6.45, 7) is 2.05. The Morgan fingerprint density at radius 3 is 2.43 bits per heavy atom. The molecule has 0 saturated heterocycles. The molecule has 0 radical (unpaired) electrons. The van der Waals surface area contributed by atoms with E-state index in [0.717, 1.165) is 51.8 Å². The maximum Gasteiger partial charge on any atom is 0.242 e. The van der Waals surface area contributed by atoms with Gasteiger partial charge in [0.1, 0.15) is 0 Å². The average Bonchev–Trinajstić information content (AvgIpc) is 3.19. The van der Waals surface area contributed by atoms with Crippen LogP contribution in [0.25, 0.3) is 0 Å². The topological polar surface area (TPSA) is 46.1 Å². The van der Waals surface area contributed by atoms with Crippen LogP contribution in [0.4, 0.5) is 11.4 Å². The maximum absolute atomic E-state index is 13.3. The van der Waals surface area contributed by atoms with Gasteiger partial charge in [-0.1, -0.05) is 47.8 Å². The van der Waals surface area contributed by atoms with Gasteiger partial charge >= 0.3 is 0 Å². The number of aromatic nitrogens is 2. The highest BCUT2D eigenvalue weighted by Crippen LogP contribution is 2.48. The first-order valence-corrected chi connectivity index (χ1v) is 11.2. The third kappa shape index (κ3) is 3.10. The first kappa shape index (κ1) is 17.8. The summed E-state index contributed by atoms with van der Waals surface area (Å²) in [7, 11) is 0.